The highest BCUT2D eigenvalue weighted by molar-refractivity contribution is 5.35. The highest BCUT2D eigenvalue weighted by atomic mass is 16.3. The normalized spacial score (nSPS) is 13.7. The van der Waals surface area contributed by atoms with Gasteiger partial charge in [-0.1, -0.05) is 24.3 Å². The van der Waals surface area contributed by atoms with E-state index in [4.69, 9.17) is 10.5 Å². The van der Waals surface area contributed by atoms with Crippen LogP contribution in [0.2, 0.25) is 0 Å². The van der Waals surface area contributed by atoms with Crippen molar-refractivity contribution in [2.75, 3.05) is 0 Å². The molecule has 0 bridgehead atoms. The van der Waals surface area contributed by atoms with Gasteiger partial charge in [0.05, 0.1) is 12.1 Å². The molecule has 0 aliphatic heterocycles. The van der Waals surface area contributed by atoms with Gasteiger partial charge >= 0.3 is 0 Å². The average Bonchev–Trinajstić information content (AvgIpc) is 2.27. The molecule has 2 atom stereocenters. The lowest BCUT2D eigenvalue weighted by Crippen LogP contribution is -2.03. The van der Waals surface area contributed by atoms with Crippen molar-refractivity contribution in [1.29, 1.82) is 10.5 Å². The van der Waals surface area contributed by atoms with Crippen LogP contribution in [0.1, 0.15) is 23.3 Å². The maximum atomic E-state index is 9.27. The summed E-state index contributed by atoms with van der Waals surface area (Å²) in [5, 5.41) is 35.6. The van der Waals surface area contributed by atoms with Gasteiger partial charge in [-0.05, 0) is 0 Å². The monoisotopic (exact) mass is 188 g/mol. The van der Waals surface area contributed by atoms with Crippen molar-refractivity contribution in [2.45, 2.75) is 12.2 Å². The molecular weight excluding hydrogens is 180 g/mol. The standard InChI is InChI=1S/C10H8N2O2/c11-5-9(13)7-3-1-2-4-8(7)10(14)6-12/h1-4,9-10,13-14H. The molecule has 0 amide bonds. The van der Waals surface area contributed by atoms with E-state index in [0.29, 0.717) is 0 Å². The molecule has 4 heteroatoms. The van der Waals surface area contributed by atoms with E-state index in [0.717, 1.165) is 0 Å². The number of aliphatic hydroxyl groups is 2. The van der Waals surface area contributed by atoms with E-state index in [2.05, 4.69) is 0 Å². The summed E-state index contributed by atoms with van der Waals surface area (Å²) in [4.78, 5) is 0. The number of nitriles is 2. The van der Waals surface area contributed by atoms with Gasteiger partial charge in [-0.2, -0.15) is 10.5 Å². The number of hydrogen-bond donors (Lipinski definition) is 2. The fourth-order valence-electron chi connectivity index (χ4n) is 1.15. The van der Waals surface area contributed by atoms with Crippen LogP contribution >= 0.6 is 0 Å². The molecular formula is C10H8N2O2. The van der Waals surface area contributed by atoms with Gasteiger partial charge in [-0.25, -0.2) is 0 Å². The number of aliphatic hydroxyl groups excluding tert-OH is 2. The number of benzene rings is 1. The molecule has 0 aromatic heterocycles. The highest BCUT2D eigenvalue weighted by Gasteiger charge is 2.15. The molecule has 4 nitrogen and oxygen atoms in total. The van der Waals surface area contributed by atoms with Gasteiger partial charge in [0.1, 0.15) is 0 Å². The first-order chi connectivity index (χ1) is 6.70. The van der Waals surface area contributed by atoms with Gasteiger partial charge in [0.25, 0.3) is 0 Å². The van der Waals surface area contributed by atoms with Crippen molar-refractivity contribution in [3.8, 4) is 12.1 Å². The minimum absolute atomic E-state index is 0.268. The van der Waals surface area contributed by atoms with Crippen LogP contribution in [0.5, 0.6) is 0 Å². The predicted octanol–water partition coefficient (Wildman–Crippen LogP) is 0.801. The lowest BCUT2D eigenvalue weighted by molar-refractivity contribution is 0.213. The summed E-state index contributed by atoms with van der Waals surface area (Å²) in [5.41, 5.74) is 0.535. The molecule has 14 heavy (non-hydrogen) atoms. The molecule has 2 unspecified atom stereocenters. The van der Waals surface area contributed by atoms with Gasteiger partial charge in [0, 0.05) is 11.1 Å². The van der Waals surface area contributed by atoms with E-state index in [1.54, 1.807) is 24.3 Å². The molecule has 0 saturated heterocycles. The topological polar surface area (TPSA) is 88.0 Å². The molecule has 0 saturated carbocycles. The van der Waals surface area contributed by atoms with Crippen LogP contribution in [0.25, 0.3) is 0 Å². The Labute approximate surface area is 81.3 Å². The minimum atomic E-state index is -1.31. The Morgan fingerprint density at radius 1 is 0.929 bits per heavy atom. The van der Waals surface area contributed by atoms with E-state index in [1.807, 2.05) is 0 Å². The lowest BCUT2D eigenvalue weighted by Gasteiger charge is -2.10. The molecule has 2 N–H and O–H groups in total. The van der Waals surface area contributed by atoms with Gasteiger partial charge < -0.3 is 10.2 Å². The molecule has 0 aliphatic carbocycles. The van der Waals surface area contributed by atoms with Crippen LogP contribution in [-0.2, 0) is 0 Å². The first-order valence-electron chi connectivity index (χ1n) is 3.95. The van der Waals surface area contributed by atoms with Crippen LogP contribution in [0.15, 0.2) is 24.3 Å². The summed E-state index contributed by atoms with van der Waals surface area (Å²) < 4.78 is 0. The van der Waals surface area contributed by atoms with Crippen LogP contribution < -0.4 is 0 Å². The Morgan fingerprint density at radius 2 is 1.29 bits per heavy atom. The fourth-order valence-corrected chi connectivity index (χ4v) is 1.15. The van der Waals surface area contributed by atoms with Crippen molar-refractivity contribution < 1.29 is 10.2 Å². The SMILES string of the molecule is N#CC(O)c1ccccc1C(O)C#N. The summed E-state index contributed by atoms with van der Waals surface area (Å²) in [7, 11) is 0. The van der Waals surface area contributed by atoms with Gasteiger partial charge in [-0.3, -0.25) is 0 Å². The second kappa shape index (κ2) is 4.38. The van der Waals surface area contributed by atoms with Crippen molar-refractivity contribution in [1.82, 2.24) is 0 Å². The van der Waals surface area contributed by atoms with Crippen LogP contribution in [-0.4, -0.2) is 10.2 Å². The second-order valence-corrected chi connectivity index (χ2v) is 2.69. The average molecular weight is 188 g/mol. The minimum Gasteiger partial charge on any atom is -0.374 e. The molecule has 0 heterocycles. The third-order valence-electron chi connectivity index (χ3n) is 1.83. The zero-order valence-electron chi connectivity index (χ0n) is 7.25. The Bertz CT molecular complexity index is 364. The van der Waals surface area contributed by atoms with Crippen molar-refractivity contribution >= 4 is 0 Å². The van der Waals surface area contributed by atoms with Crippen LogP contribution in [0.4, 0.5) is 0 Å². The molecule has 0 aliphatic rings. The van der Waals surface area contributed by atoms with E-state index >= 15 is 0 Å². The summed E-state index contributed by atoms with van der Waals surface area (Å²) >= 11 is 0. The van der Waals surface area contributed by atoms with Crippen LogP contribution in [0, 0.1) is 22.7 Å². The quantitative estimate of drug-likeness (QED) is 0.672. The molecule has 0 fully saturated rings. The third kappa shape index (κ3) is 1.89. The fraction of sp³-hybridized carbons (Fsp3) is 0.200. The molecule has 1 rings (SSSR count). The van der Waals surface area contributed by atoms with E-state index in [9.17, 15) is 10.2 Å². The first kappa shape index (κ1) is 10.2. The Morgan fingerprint density at radius 3 is 1.57 bits per heavy atom. The summed E-state index contributed by atoms with van der Waals surface area (Å²) in [5.74, 6) is 0. The molecule has 70 valence electrons. The number of rotatable bonds is 2. The maximum Gasteiger partial charge on any atom is 0.166 e. The van der Waals surface area contributed by atoms with E-state index in [-0.39, 0.29) is 11.1 Å². The van der Waals surface area contributed by atoms with E-state index < -0.39 is 12.2 Å². The summed E-state index contributed by atoms with van der Waals surface area (Å²) in [6.07, 6.45) is -2.62. The Balaban J connectivity index is 3.18. The van der Waals surface area contributed by atoms with Crippen molar-refractivity contribution in [3.63, 3.8) is 0 Å². The smallest absolute Gasteiger partial charge is 0.166 e. The van der Waals surface area contributed by atoms with Crippen molar-refractivity contribution in [3.05, 3.63) is 35.4 Å². The van der Waals surface area contributed by atoms with Crippen molar-refractivity contribution in [2.24, 2.45) is 0 Å². The molecule has 0 radical (unpaired) electrons. The van der Waals surface area contributed by atoms with Gasteiger partial charge in [0.15, 0.2) is 12.2 Å². The summed E-state index contributed by atoms with van der Waals surface area (Å²) in [6, 6.07) is 9.54. The Kier molecular flexibility index (Phi) is 3.19. The lowest BCUT2D eigenvalue weighted by atomic mass is 9.99. The molecule has 0 spiro atoms. The zero-order chi connectivity index (χ0) is 10.6. The Hall–Kier alpha value is -1.88. The maximum absolute atomic E-state index is 9.27. The summed E-state index contributed by atoms with van der Waals surface area (Å²) in [6.45, 7) is 0. The largest absolute Gasteiger partial charge is 0.374 e. The number of nitrogens with zero attached hydrogens (tertiary/aromatic N) is 2. The molecule has 1 aromatic carbocycles. The van der Waals surface area contributed by atoms with Gasteiger partial charge in [-0.15, -0.1) is 0 Å². The highest BCUT2D eigenvalue weighted by Crippen LogP contribution is 2.22. The predicted molar refractivity (Wildman–Crippen MR) is 47.6 cm³/mol. The van der Waals surface area contributed by atoms with E-state index in [1.165, 1.54) is 12.1 Å². The molecule has 1 aromatic rings. The third-order valence-corrected chi connectivity index (χ3v) is 1.83. The van der Waals surface area contributed by atoms with Gasteiger partial charge in [0.2, 0.25) is 0 Å². The second-order valence-electron chi connectivity index (χ2n) is 2.69. The van der Waals surface area contributed by atoms with Crippen LogP contribution in [0.3, 0.4) is 0 Å². The number of hydrogen-bond acceptors (Lipinski definition) is 4. The zero-order valence-corrected chi connectivity index (χ0v) is 7.25. The first-order valence-corrected chi connectivity index (χ1v) is 3.95.